The molecule has 0 aliphatic heterocycles. The summed E-state index contributed by atoms with van der Waals surface area (Å²) in [5.74, 6) is -0.132. The lowest BCUT2D eigenvalue weighted by Gasteiger charge is -2.09. The summed E-state index contributed by atoms with van der Waals surface area (Å²) in [4.78, 5) is 15.8. The number of methoxy groups -OCH3 is 1. The number of aromatic nitrogens is 1. The number of nitrogens with one attached hydrogen (secondary N) is 1. The molecule has 1 amide bonds. The fraction of sp³-hybridized carbons (Fsp3) is 0.250. The molecule has 8 heteroatoms. The van der Waals surface area contributed by atoms with E-state index in [1.807, 2.05) is 0 Å². The lowest BCUT2D eigenvalue weighted by molar-refractivity contribution is -0.274. The maximum Gasteiger partial charge on any atom is 0.573 e. The van der Waals surface area contributed by atoms with Crippen molar-refractivity contribution in [1.82, 2.24) is 10.3 Å². The lowest BCUT2D eigenvalue weighted by atomic mass is 10.1. The van der Waals surface area contributed by atoms with Gasteiger partial charge in [-0.05, 0) is 29.3 Å². The number of ether oxygens (including phenoxy) is 2. The first-order valence-corrected chi connectivity index (χ1v) is 6.96. The molecule has 24 heavy (non-hydrogen) atoms. The predicted octanol–water partition coefficient (Wildman–Crippen LogP) is 2.85. The van der Waals surface area contributed by atoms with Crippen LogP contribution in [-0.2, 0) is 17.8 Å². The molecule has 2 aromatic rings. The molecule has 0 radical (unpaired) electrons. The van der Waals surface area contributed by atoms with E-state index < -0.39 is 6.36 Å². The first-order chi connectivity index (χ1) is 11.4. The van der Waals surface area contributed by atoms with Crippen LogP contribution in [0.15, 0.2) is 42.6 Å². The average Bonchev–Trinajstić information content (AvgIpc) is 2.54. The lowest BCUT2D eigenvalue weighted by Crippen LogP contribution is -2.24. The van der Waals surface area contributed by atoms with Crippen molar-refractivity contribution >= 4 is 5.91 Å². The normalized spacial score (nSPS) is 11.0. The quantitative estimate of drug-likeness (QED) is 0.878. The van der Waals surface area contributed by atoms with E-state index in [0.717, 1.165) is 5.56 Å². The highest BCUT2D eigenvalue weighted by molar-refractivity contribution is 5.78. The molecule has 0 unspecified atom stereocenters. The number of hydrogen-bond donors (Lipinski definition) is 1. The Kier molecular flexibility index (Phi) is 5.62. The molecule has 0 saturated heterocycles. The molecule has 1 N–H and O–H groups in total. The molecule has 0 aliphatic rings. The van der Waals surface area contributed by atoms with E-state index in [-0.39, 0.29) is 18.1 Å². The maximum atomic E-state index is 12.1. The number of halogens is 3. The van der Waals surface area contributed by atoms with Crippen LogP contribution < -0.4 is 14.8 Å². The van der Waals surface area contributed by atoms with Gasteiger partial charge in [0.1, 0.15) is 5.75 Å². The van der Waals surface area contributed by atoms with Crippen molar-refractivity contribution in [3.05, 3.63) is 53.7 Å². The third kappa shape index (κ3) is 5.79. The molecule has 0 aliphatic carbocycles. The van der Waals surface area contributed by atoms with E-state index in [0.29, 0.717) is 18.0 Å². The summed E-state index contributed by atoms with van der Waals surface area (Å²) in [6.45, 7) is 0.299. The van der Waals surface area contributed by atoms with Gasteiger partial charge in [0.05, 0.1) is 13.5 Å². The molecule has 1 aromatic carbocycles. The Hall–Kier alpha value is -2.77. The van der Waals surface area contributed by atoms with Crippen molar-refractivity contribution in [3.63, 3.8) is 0 Å². The summed E-state index contributed by atoms with van der Waals surface area (Å²) in [6.07, 6.45) is -3.11. The van der Waals surface area contributed by atoms with E-state index in [2.05, 4.69) is 15.0 Å². The molecule has 0 atom stereocenters. The number of nitrogens with zero attached hydrogens (tertiary/aromatic N) is 1. The number of amides is 1. The van der Waals surface area contributed by atoms with Crippen molar-refractivity contribution < 1.29 is 27.4 Å². The zero-order valence-corrected chi connectivity index (χ0v) is 12.8. The Morgan fingerprint density at radius 1 is 1.17 bits per heavy atom. The minimum absolute atomic E-state index is 0.0501. The second kappa shape index (κ2) is 7.67. The zero-order chi connectivity index (χ0) is 17.6. The van der Waals surface area contributed by atoms with E-state index in [9.17, 15) is 18.0 Å². The van der Waals surface area contributed by atoms with Gasteiger partial charge >= 0.3 is 6.36 Å². The molecule has 0 saturated carbocycles. The molecule has 1 aromatic heterocycles. The van der Waals surface area contributed by atoms with Crippen LogP contribution in [0.2, 0.25) is 0 Å². The van der Waals surface area contributed by atoms with Gasteiger partial charge in [-0.2, -0.15) is 0 Å². The van der Waals surface area contributed by atoms with Gasteiger partial charge in [0, 0.05) is 18.8 Å². The van der Waals surface area contributed by atoms with Crippen LogP contribution in [-0.4, -0.2) is 24.4 Å². The van der Waals surface area contributed by atoms with Gasteiger partial charge in [-0.25, -0.2) is 4.98 Å². The summed E-state index contributed by atoms with van der Waals surface area (Å²) in [7, 11) is 1.50. The summed E-state index contributed by atoms with van der Waals surface area (Å²) >= 11 is 0. The highest BCUT2D eigenvalue weighted by Crippen LogP contribution is 2.22. The van der Waals surface area contributed by atoms with E-state index in [4.69, 9.17) is 4.74 Å². The first-order valence-electron chi connectivity index (χ1n) is 6.96. The van der Waals surface area contributed by atoms with Gasteiger partial charge in [-0.15, -0.1) is 13.2 Å². The van der Waals surface area contributed by atoms with Crippen LogP contribution in [0.5, 0.6) is 11.6 Å². The SMILES string of the molecule is COc1cc(CNC(=O)Cc2ccc(OC(F)(F)F)cc2)ccn1. The van der Waals surface area contributed by atoms with Crippen LogP contribution >= 0.6 is 0 Å². The van der Waals surface area contributed by atoms with Crippen LogP contribution in [0, 0.1) is 0 Å². The minimum atomic E-state index is -4.73. The largest absolute Gasteiger partial charge is 0.573 e. The van der Waals surface area contributed by atoms with Crippen molar-refractivity contribution in [3.8, 4) is 11.6 Å². The van der Waals surface area contributed by atoms with Gasteiger partial charge in [0.15, 0.2) is 0 Å². The standard InChI is InChI=1S/C16H15F3N2O3/c1-23-15-9-12(6-7-20-15)10-21-14(22)8-11-2-4-13(5-3-11)24-16(17,18)19/h2-7,9H,8,10H2,1H3,(H,21,22). The fourth-order valence-electron chi connectivity index (χ4n) is 1.93. The van der Waals surface area contributed by atoms with Gasteiger partial charge in [0.25, 0.3) is 0 Å². The number of rotatable bonds is 6. The Morgan fingerprint density at radius 3 is 2.50 bits per heavy atom. The van der Waals surface area contributed by atoms with Crippen molar-refractivity contribution in [2.75, 3.05) is 7.11 Å². The Labute approximate surface area is 136 Å². The van der Waals surface area contributed by atoms with E-state index in [1.165, 1.54) is 31.4 Å². The van der Waals surface area contributed by atoms with Crippen molar-refractivity contribution in [2.24, 2.45) is 0 Å². The van der Waals surface area contributed by atoms with Crippen LogP contribution in [0.3, 0.4) is 0 Å². The number of alkyl halides is 3. The molecule has 2 rings (SSSR count). The molecule has 0 bridgehead atoms. The second-order valence-electron chi connectivity index (χ2n) is 4.85. The highest BCUT2D eigenvalue weighted by atomic mass is 19.4. The molecular formula is C16H15F3N2O3. The van der Waals surface area contributed by atoms with E-state index in [1.54, 1.807) is 18.3 Å². The monoisotopic (exact) mass is 340 g/mol. The van der Waals surface area contributed by atoms with Gasteiger partial charge in [0.2, 0.25) is 11.8 Å². The van der Waals surface area contributed by atoms with Crippen LogP contribution in [0.25, 0.3) is 0 Å². The molecular weight excluding hydrogens is 325 g/mol. The fourth-order valence-corrected chi connectivity index (χ4v) is 1.93. The number of benzene rings is 1. The van der Waals surface area contributed by atoms with Crippen LogP contribution in [0.4, 0.5) is 13.2 Å². The molecule has 0 fully saturated rings. The highest BCUT2D eigenvalue weighted by Gasteiger charge is 2.30. The Bertz CT molecular complexity index is 688. The van der Waals surface area contributed by atoms with Crippen molar-refractivity contribution in [2.45, 2.75) is 19.3 Å². The summed E-state index contributed by atoms with van der Waals surface area (Å²) in [6, 6.07) is 8.61. The number of carbonyl (C=O) groups excluding carboxylic acids is 1. The molecule has 128 valence electrons. The summed E-state index contributed by atoms with van der Waals surface area (Å²) in [5.41, 5.74) is 1.40. The summed E-state index contributed by atoms with van der Waals surface area (Å²) < 4.78 is 45.0. The zero-order valence-electron chi connectivity index (χ0n) is 12.8. The van der Waals surface area contributed by atoms with Crippen molar-refractivity contribution in [1.29, 1.82) is 0 Å². The molecule has 5 nitrogen and oxygen atoms in total. The van der Waals surface area contributed by atoms with Gasteiger partial charge < -0.3 is 14.8 Å². The number of pyridine rings is 1. The average molecular weight is 340 g/mol. The molecule has 1 heterocycles. The minimum Gasteiger partial charge on any atom is -0.481 e. The second-order valence-corrected chi connectivity index (χ2v) is 4.85. The first kappa shape index (κ1) is 17.6. The van der Waals surface area contributed by atoms with Crippen LogP contribution in [0.1, 0.15) is 11.1 Å². The van der Waals surface area contributed by atoms with E-state index >= 15 is 0 Å². The number of carbonyl (C=O) groups is 1. The smallest absolute Gasteiger partial charge is 0.481 e. The van der Waals surface area contributed by atoms with Gasteiger partial charge in [-0.1, -0.05) is 12.1 Å². The maximum absolute atomic E-state index is 12.1. The number of hydrogen-bond acceptors (Lipinski definition) is 4. The Morgan fingerprint density at radius 2 is 1.88 bits per heavy atom. The molecule has 0 spiro atoms. The summed E-state index contributed by atoms with van der Waals surface area (Å²) in [5, 5.41) is 2.72. The third-order valence-corrected chi connectivity index (χ3v) is 3.02. The predicted molar refractivity (Wildman–Crippen MR) is 79.5 cm³/mol. The van der Waals surface area contributed by atoms with Gasteiger partial charge in [-0.3, -0.25) is 4.79 Å². The third-order valence-electron chi connectivity index (χ3n) is 3.02. The topological polar surface area (TPSA) is 60.5 Å². The Balaban J connectivity index is 1.85.